The van der Waals surface area contributed by atoms with Gasteiger partial charge in [0.25, 0.3) is 0 Å². The predicted molar refractivity (Wildman–Crippen MR) is 287 cm³/mol. The molecule has 336 valence electrons. The zero-order chi connectivity index (χ0) is 45.3. The number of benzene rings is 8. The molecule has 2 fully saturated rings. The Hall–Kier alpha value is -5.86. The molecule has 2 nitrogen and oxygen atoms in total. The van der Waals surface area contributed by atoms with Gasteiger partial charge in [-0.3, -0.25) is 0 Å². The monoisotopic (exact) mass is 867 g/mol. The van der Waals surface area contributed by atoms with Crippen molar-refractivity contribution in [2.75, 3.05) is 9.80 Å². The van der Waals surface area contributed by atoms with Gasteiger partial charge in [0.15, 0.2) is 0 Å². The van der Waals surface area contributed by atoms with Crippen LogP contribution in [0, 0.1) is 0 Å². The van der Waals surface area contributed by atoms with E-state index in [1.807, 2.05) is 0 Å². The van der Waals surface area contributed by atoms with Crippen LogP contribution < -0.4 is 9.80 Å². The number of nitrogens with zero attached hydrogens (tertiary/aromatic N) is 2. The minimum absolute atomic E-state index is 0.393. The van der Waals surface area contributed by atoms with Gasteiger partial charge in [-0.05, 0) is 190 Å². The molecule has 0 bridgehead atoms. The summed E-state index contributed by atoms with van der Waals surface area (Å²) in [5.41, 5.74) is 15.6. The van der Waals surface area contributed by atoms with Gasteiger partial charge in [0.05, 0.1) is 11.4 Å². The van der Waals surface area contributed by atoms with Crippen LogP contribution in [0.25, 0.3) is 32.3 Å². The van der Waals surface area contributed by atoms with E-state index in [1.54, 1.807) is 0 Å². The predicted octanol–water partition coefficient (Wildman–Crippen LogP) is 19.6. The minimum atomic E-state index is 0.393. The van der Waals surface area contributed by atoms with Crippen molar-refractivity contribution in [3.05, 3.63) is 179 Å². The molecule has 0 atom stereocenters. The molecule has 2 saturated carbocycles. The highest BCUT2D eigenvalue weighted by molar-refractivity contribution is 6.24. The fourth-order valence-electron chi connectivity index (χ4n) is 11.4. The highest BCUT2D eigenvalue weighted by atomic mass is 15.2. The number of aryl methyl sites for hydroxylation is 2. The summed E-state index contributed by atoms with van der Waals surface area (Å²) in [6.07, 6.45) is 15.3. The molecular weight excluding hydrogens is 797 g/mol. The van der Waals surface area contributed by atoms with Gasteiger partial charge in [-0.1, -0.05) is 153 Å². The summed E-state index contributed by atoms with van der Waals surface area (Å²) in [6.45, 7) is 13.8. The molecule has 0 amide bonds. The van der Waals surface area contributed by atoms with Crippen molar-refractivity contribution in [1.29, 1.82) is 0 Å². The van der Waals surface area contributed by atoms with Crippen molar-refractivity contribution < 1.29 is 0 Å². The maximum Gasteiger partial charge on any atom is 0.0546 e. The van der Waals surface area contributed by atoms with Gasteiger partial charge in [0.1, 0.15) is 0 Å². The van der Waals surface area contributed by atoms with Crippen LogP contribution in [0.3, 0.4) is 0 Å². The molecule has 0 N–H and O–H groups in total. The molecule has 0 saturated heterocycles. The lowest BCUT2D eigenvalue weighted by Crippen LogP contribution is -2.13. The maximum atomic E-state index is 2.55. The average Bonchev–Trinajstić information content (AvgIpc) is 3.37. The van der Waals surface area contributed by atoms with Gasteiger partial charge in [-0.2, -0.15) is 0 Å². The Morgan fingerprint density at radius 2 is 0.742 bits per heavy atom. The molecule has 66 heavy (non-hydrogen) atoms. The number of anilines is 6. The third kappa shape index (κ3) is 8.65. The summed E-state index contributed by atoms with van der Waals surface area (Å²) in [7, 11) is 0. The number of rotatable bonds is 12. The van der Waals surface area contributed by atoms with E-state index in [0.717, 1.165) is 12.8 Å². The second-order valence-electron chi connectivity index (χ2n) is 20.4. The fraction of sp³-hybridized carbons (Fsp3) is 0.344. The van der Waals surface area contributed by atoms with Crippen molar-refractivity contribution in [2.24, 2.45) is 0 Å². The van der Waals surface area contributed by atoms with Crippen molar-refractivity contribution in [2.45, 2.75) is 142 Å². The lowest BCUT2D eigenvalue weighted by molar-refractivity contribution is 0.443. The molecule has 0 heterocycles. The van der Waals surface area contributed by atoms with Gasteiger partial charge in [-0.15, -0.1) is 0 Å². The third-order valence-corrected chi connectivity index (χ3v) is 15.5. The average molecular weight is 867 g/mol. The van der Waals surface area contributed by atoms with E-state index >= 15 is 0 Å². The molecule has 8 aromatic carbocycles. The summed E-state index contributed by atoms with van der Waals surface area (Å²) < 4.78 is 0. The molecule has 2 aliphatic carbocycles. The molecule has 2 aliphatic rings. The van der Waals surface area contributed by atoms with E-state index in [2.05, 4.69) is 197 Å². The van der Waals surface area contributed by atoms with Crippen molar-refractivity contribution in [3.63, 3.8) is 0 Å². The number of hydrogen-bond acceptors (Lipinski definition) is 2. The summed E-state index contributed by atoms with van der Waals surface area (Å²) in [4.78, 5) is 5.10. The third-order valence-electron chi connectivity index (χ3n) is 15.5. The van der Waals surface area contributed by atoms with Crippen molar-refractivity contribution in [1.82, 2.24) is 0 Å². The van der Waals surface area contributed by atoms with E-state index in [1.165, 1.54) is 164 Å². The Balaban J connectivity index is 1.23. The first-order valence-corrected chi connectivity index (χ1v) is 25.7. The normalized spacial score (nSPS) is 15.1. The fourth-order valence-corrected chi connectivity index (χ4v) is 11.4. The van der Waals surface area contributed by atoms with E-state index in [-0.39, 0.29) is 0 Å². The quantitative estimate of drug-likeness (QED) is 0.113. The van der Waals surface area contributed by atoms with E-state index < -0.39 is 0 Å². The first-order chi connectivity index (χ1) is 32.3. The second-order valence-corrected chi connectivity index (χ2v) is 20.4. The highest BCUT2D eigenvalue weighted by Gasteiger charge is 2.25. The molecule has 0 aromatic heterocycles. The minimum Gasteiger partial charge on any atom is -0.310 e. The summed E-state index contributed by atoms with van der Waals surface area (Å²) in [5.74, 6) is 2.18. The van der Waals surface area contributed by atoms with Gasteiger partial charge in [0, 0.05) is 33.5 Å². The van der Waals surface area contributed by atoms with Crippen LogP contribution in [0.2, 0.25) is 0 Å². The maximum absolute atomic E-state index is 2.55. The smallest absolute Gasteiger partial charge is 0.0546 e. The van der Waals surface area contributed by atoms with Gasteiger partial charge < -0.3 is 9.80 Å². The largest absolute Gasteiger partial charge is 0.310 e. The topological polar surface area (TPSA) is 6.48 Å². The molecule has 0 spiro atoms. The molecule has 0 radical (unpaired) electrons. The molecule has 0 unspecified atom stereocenters. The number of hydrogen-bond donors (Lipinski definition) is 0. The van der Waals surface area contributed by atoms with Gasteiger partial charge in [0.2, 0.25) is 0 Å². The van der Waals surface area contributed by atoms with Crippen LogP contribution >= 0.6 is 0 Å². The molecule has 10 rings (SSSR count). The Bertz CT molecular complexity index is 2930. The van der Waals surface area contributed by atoms with E-state index in [9.17, 15) is 0 Å². The van der Waals surface area contributed by atoms with Gasteiger partial charge in [-0.25, -0.2) is 0 Å². The first-order valence-electron chi connectivity index (χ1n) is 25.7. The zero-order valence-corrected chi connectivity index (χ0v) is 40.5. The Morgan fingerprint density at radius 1 is 0.364 bits per heavy atom. The van der Waals surface area contributed by atoms with Crippen LogP contribution in [0.5, 0.6) is 0 Å². The Labute approximate surface area is 395 Å². The van der Waals surface area contributed by atoms with Gasteiger partial charge >= 0.3 is 0 Å². The molecular formula is C64H70N2. The van der Waals surface area contributed by atoms with E-state index in [4.69, 9.17) is 0 Å². The summed E-state index contributed by atoms with van der Waals surface area (Å²) in [5, 5.41) is 7.70. The van der Waals surface area contributed by atoms with E-state index in [0.29, 0.717) is 23.7 Å². The van der Waals surface area contributed by atoms with Crippen LogP contribution in [0.15, 0.2) is 146 Å². The van der Waals surface area contributed by atoms with Crippen LogP contribution in [-0.2, 0) is 12.8 Å². The molecule has 2 heteroatoms. The standard InChI is InChI=1S/C64H70N2/c1-7-45-19-29-53(30-20-45)65(55-33-24-50(25-34-55)48-15-11-9-12-16-48)63-41-60-58-38-28-52(44(5)6)40-62(58)64(42-59(60)57-37-21-46(8-2)39-61(57)63)66(54-31-22-47(23-32-54)43(3)4)56-35-26-51(27-36-56)49-17-13-10-14-18-49/h19-44,48-49H,7-18H2,1-6H3. The van der Waals surface area contributed by atoms with Crippen LogP contribution in [0.1, 0.15) is 163 Å². The highest BCUT2D eigenvalue weighted by Crippen LogP contribution is 2.49. The van der Waals surface area contributed by atoms with Crippen LogP contribution in [-0.4, -0.2) is 0 Å². The number of fused-ring (bicyclic) bond motifs is 5. The Morgan fingerprint density at radius 3 is 1.18 bits per heavy atom. The first kappa shape index (κ1) is 44.0. The summed E-state index contributed by atoms with van der Waals surface area (Å²) in [6, 6.07) is 57.6. The second kappa shape index (κ2) is 19.2. The lowest BCUT2D eigenvalue weighted by atomic mass is 9.84. The molecule has 0 aliphatic heterocycles. The molecule has 8 aromatic rings. The summed E-state index contributed by atoms with van der Waals surface area (Å²) >= 11 is 0. The zero-order valence-electron chi connectivity index (χ0n) is 40.5. The van der Waals surface area contributed by atoms with Crippen molar-refractivity contribution >= 4 is 66.4 Å². The Kier molecular flexibility index (Phi) is 12.8. The van der Waals surface area contributed by atoms with Crippen molar-refractivity contribution in [3.8, 4) is 0 Å². The van der Waals surface area contributed by atoms with Crippen LogP contribution in [0.4, 0.5) is 34.1 Å². The lowest BCUT2D eigenvalue weighted by Gasteiger charge is -2.31. The SMILES string of the molecule is CCc1ccc(N(c2ccc(C3CCCCC3)cc2)c2cc3c4ccc(C(C)C)cc4c(N(c4ccc(C(C)C)cc4)c4ccc(C5CCCCC5)cc4)cc3c3ccc(CC)cc23)cc1.